The van der Waals surface area contributed by atoms with Gasteiger partial charge in [-0.25, -0.2) is 14.4 Å². The van der Waals surface area contributed by atoms with E-state index in [1.54, 1.807) is 42.5 Å². The van der Waals surface area contributed by atoms with E-state index in [2.05, 4.69) is 19.7 Å². The van der Waals surface area contributed by atoms with Crippen LogP contribution in [0.25, 0.3) is 12.2 Å². The highest BCUT2D eigenvalue weighted by Crippen LogP contribution is 2.29. The van der Waals surface area contributed by atoms with Crippen molar-refractivity contribution in [3.8, 4) is 17.2 Å². The van der Waals surface area contributed by atoms with Crippen LogP contribution in [0.4, 0.5) is 0 Å². The van der Waals surface area contributed by atoms with Gasteiger partial charge in [0.05, 0.1) is 13.7 Å². The molecule has 0 saturated carbocycles. The predicted molar refractivity (Wildman–Crippen MR) is 209 cm³/mol. The highest BCUT2D eigenvalue weighted by molar-refractivity contribution is 6.02. The molecule has 4 N–H and O–H groups in total. The van der Waals surface area contributed by atoms with E-state index in [0.717, 1.165) is 0 Å². The Labute approximate surface area is 331 Å². The second-order valence-corrected chi connectivity index (χ2v) is 12.6. The SMILES string of the molecule is C=C(C)C(=O)OCC(O)COC(=C\C(=O)/C=C/c1ccc(OCC(O)COC(=O)C(=C)C)c(OC)c1)/C=C/c1ccc(OCC(O)COC(=O)C(=C)C)c(CO)c1. The summed E-state index contributed by atoms with van der Waals surface area (Å²) in [5.74, 6) is -1.57. The number of esters is 3. The number of benzene rings is 2. The highest BCUT2D eigenvalue weighted by atomic mass is 16.6. The summed E-state index contributed by atoms with van der Waals surface area (Å²) in [6.07, 6.45) is 3.50. The van der Waals surface area contributed by atoms with E-state index in [1.807, 2.05) is 0 Å². The lowest BCUT2D eigenvalue weighted by Crippen LogP contribution is -2.25. The minimum absolute atomic E-state index is 0.0297. The number of hydrogen-bond acceptors (Lipinski definition) is 15. The van der Waals surface area contributed by atoms with Crippen LogP contribution in [0.5, 0.6) is 17.2 Å². The lowest BCUT2D eigenvalue weighted by atomic mass is 10.1. The average Bonchev–Trinajstić information content (AvgIpc) is 3.19. The first-order chi connectivity index (χ1) is 27.0. The molecule has 0 aliphatic rings. The molecule has 308 valence electrons. The quantitative estimate of drug-likeness (QED) is 0.0372. The molecule has 15 heteroatoms. The smallest absolute Gasteiger partial charge is 0.333 e. The van der Waals surface area contributed by atoms with Gasteiger partial charge in [-0.2, -0.15) is 0 Å². The van der Waals surface area contributed by atoms with Crippen LogP contribution in [-0.2, 0) is 44.7 Å². The second kappa shape index (κ2) is 24.5. The van der Waals surface area contributed by atoms with Gasteiger partial charge >= 0.3 is 17.9 Å². The van der Waals surface area contributed by atoms with Crippen LogP contribution < -0.4 is 14.2 Å². The Morgan fingerprint density at radius 2 is 1.05 bits per heavy atom. The molecule has 0 radical (unpaired) electrons. The van der Waals surface area contributed by atoms with Crippen molar-refractivity contribution in [1.82, 2.24) is 0 Å². The molecule has 3 unspecified atom stereocenters. The Balaban J connectivity index is 2.21. The Morgan fingerprint density at radius 3 is 1.54 bits per heavy atom. The summed E-state index contributed by atoms with van der Waals surface area (Å²) in [6, 6.07) is 9.62. The van der Waals surface area contributed by atoms with Gasteiger partial charge in [0.2, 0.25) is 0 Å². The van der Waals surface area contributed by atoms with Crippen LogP contribution in [0, 0.1) is 0 Å². The molecule has 2 aromatic rings. The zero-order valence-electron chi connectivity index (χ0n) is 32.4. The van der Waals surface area contributed by atoms with E-state index in [4.69, 9.17) is 33.2 Å². The Morgan fingerprint density at radius 1 is 0.614 bits per heavy atom. The second-order valence-electron chi connectivity index (χ2n) is 12.6. The minimum Gasteiger partial charge on any atom is -0.493 e. The van der Waals surface area contributed by atoms with Crippen LogP contribution in [0.3, 0.4) is 0 Å². The van der Waals surface area contributed by atoms with Crippen molar-refractivity contribution < 1.29 is 72.8 Å². The van der Waals surface area contributed by atoms with Crippen LogP contribution in [0.15, 0.2) is 96.8 Å². The third kappa shape index (κ3) is 18.0. The summed E-state index contributed by atoms with van der Waals surface area (Å²) in [5, 5.41) is 40.6. The molecule has 0 aliphatic heterocycles. The van der Waals surface area contributed by atoms with E-state index in [0.29, 0.717) is 28.2 Å². The summed E-state index contributed by atoms with van der Waals surface area (Å²) in [7, 11) is 1.42. The fourth-order valence-corrected chi connectivity index (χ4v) is 4.15. The molecule has 0 heterocycles. The topological polar surface area (TPSA) is 214 Å². The number of rotatable bonds is 25. The van der Waals surface area contributed by atoms with E-state index in [1.165, 1.54) is 52.2 Å². The van der Waals surface area contributed by atoms with Crippen LogP contribution >= 0.6 is 0 Å². The minimum atomic E-state index is -1.24. The van der Waals surface area contributed by atoms with Crippen LogP contribution in [0.2, 0.25) is 0 Å². The zero-order chi connectivity index (χ0) is 42.5. The average molecular weight is 795 g/mol. The molecule has 57 heavy (non-hydrogen) atoms. The van der Waals surface area contributed by atoms with Crippen molar-refractivity contribution in [2.75, 3.05) is 46.8 Å². The molecule has 0 saturated heterocycles. The van der Waals surface area contributed by atoms with E-state index >= 15 is 0 Å². The molecular formula is C42H50O15. The third-order valence-corrected chi connectivity index (χ3v) is 7.18. The van der Waals surface area contributed by atoms with Crippen LogP contribution in [-0.4, -0.2) is 109 Å². The molecule has 0 aromatic heterocycles. The number of ether oxygens (including phenoxy) is 7. The normalized spacial score (nSPS) is 12.9. The number of carbonyl (C=O) groups is 4. The molecule has 0 spiro atoms. The maximum Gasteiger partial charge on any atom is 0.333 e. The van der Waals surface area contributed by atoms with Crippen molar-refractivity contribution in [2.45, 2.75) is 45.7 Å². The van der Waals surface area contributed by atoms with Gasteiger partial charge in [0.15, 0.2) is 17.3 Å². The van der Waals surface area contributed by atoms with Crippen molar-refractivity contribution in [1.29, 1.82) is 0 Å². The Hall–Kier alpha value is -6.00. The fourth-order valence-electron chi connectivity index (χ4n) is 4.15. The number of aliphatic hydroxyl groups is 4. The maximum absolute atomic E-state index is 13.1. The van der Waals surface area contributed by atoms with Crippen LogP contribution in [0.1, 0.15) is 37.5 Å². The molecule has 15 nitrogen and oxygen atoms in total. The molecule has 0 bridgehead atoms. The lowest BCUT2D eigenvalue weighted by Gasteiger charge is -2.15. The van der Waals surface area contributed by atoms with E-state index < -0.39 is 48.6 Å². The molecule has 3 atom stereocenters. The molecule has 2 aromatic carbocycles. The van der Waals surface area contributed by atoms with E-state index in [9.17, 15) is 39.6 Å². The third-order valence-electron chi connectivity index (χ3n) is 7.18. The van der Waals surface area contributed by atoms with Gasteiger partial charge in [-0.05, 0) is 68.3 Å². The summed E-state index contributed by atoms with van der Waals surface area (Å²) < 4.78 is 37.1. The fraction of sp³-hybridized carbons (Fsp3) is 0.333. The van der Waals surface area contributed by atoms with Gasteiger partial charge in [0, 0.05) is 28.4 Å². The molecule has 2 rings (SSSR count). The largest absolute Gasteiger partial charge is 0.493 e. The van der Waals surface area contributed by atoms with Crippen molar-refractivity contribution >= 4 is 35.8 Å². The standard InChI is InChI=1S/C42H50O15/c1-26(2)40(48)55-23-33(45)20-52-36(13-9-29-10-14-37(31(16-29)19-43)53-21-34(46)24-56-41(49)27(3)4)18-32(44)12-8-30-11-15-38(39(17-30)51-7)54-22-35(47)25-57-42(50)28(5)6/h8-18,33-35,43,45-47H,1,3,5,19-25H2,2,4,6-7H3/b12-8+,13-9+,36-18-. The van der Waals surface area contributed by atoms with Gasteiger partial charge in [0.25, 0.3) is 0 Å². The Bertz CT molecular complexity index is 1840. The summed E-state index contributed by atoms with van der Waals surface area (Å²) in [5.41, 5.74) is 2.03. The molecule has 0 amide bonds. The van der Waals surface area contributed by atoms with Gasteiger partial charge in [-0.15, -0.1) is 0 Å². The highest BCUT2D eigenvalue weighted by Gasteiger charge is 2.15. The summed E-state index contributed by atoms with van der Waals surface area (Å²) in [6.45, 7) is 12.7. The van der Waals surface area contributed by atoms with Gasteiger partial charge < -0.3 is 53.6 Å². The van der Waals surface area contributed by atoms with E-state index in [-0.39, 0.29) is 67.9 Å². The zero-order valence-corrected chi connectivity index (χ0v) is 32.4. The summed E-state index contributed by atoms with van der Waals surface area (Å²) in [4.78, 5) is 47.9. The van der Waals surface area contributed by atoms with Crippen molar-refractivity contribution in [3.63, 3.8) is 0 Å². The monoisotopic (exact) mass is 794 g/mol. The maximum atomic E-state index is 13.1. The summed E-state index contributed by atoms with van der Waals surface area (Å²) >= 11 is 0. The predicted octanol–water partition coefficient (Wildman–Crippen LogP) is 3.58. The molecule has 0 aliphatic carbocycles. The number of hydrogen-bond donors (Lipinski definition) is 4. The molecular weight excluding hydrogens is 744 g/mol. The van der Waals surface area contributed by atoms with Crippen molar-refractivity contribution in [2.24, 2.45) is 0 Å². The molecule has 0 fully saturated rings. The number of carbonyl (C=O) groups excluding carboxylic acids is 4. The number of allylic oxidation sites excluding steroid dienone is 3. The van der Waals surface area contributed by atoms with Gasteiger partial charge in [0.1, 0.15) is 69.5 Å². The first kappa shape index (κ1) is 47.2. The first-order valence-corrected chi connectivity index (χ1v) is 17.5. The number of aliphatic hydroxyl groups excluding tert-OH is 4. The van der Waals surface area contributed by atoms with Gasteiger partial charge in [-0.3, -0.25) is 4.79 Å². The lowest BCUT2D eigenvalue weighted by molar-refractivity contribution is -0.143. The van der Waals surface area contributed by atoms with Crippen molar-refractivity contribution in [3.05, 3.63) is 114 Å². The van der Waals surface area contributed by atoms with Gasteiger partial charge in [-0.1, -0.05) is 44.0 Å². The Kier molecular flexibility index (Phi) is 20.3. The first-order valence-electron chi connectivity index (χ1n) is 17.5. The number of methoxy groups -OCH3 is 1. The number of ketones is 1.